The van der Waals surface area contributed by atoms with Gasteiger partial charge in [0.1, 0.15) is 6.61 Å². The fourth-order valence-electron chi connectivity index (χ4n) is 4.80. The quantitative estimate of drug-likeness (QED) is 0.311. The van der Waals surface area contributed by atoms with E-state index >= 15 is 0 Å². The van der Waals surface area contributed by atoms with Gasteiger partial charge in [-0.2, -0.15) is 0 Å². The topological polar surface area (TPSA) is 119 Å². The summed E-state index contributed by atoms with van der Waals surface area (Å²) in [5.41, 5.74) is 1.40. The molecule has 1 N–H and O–H groups in total. The predicted molar refractivity (Wildman–Crippen MR) is 149 cm³/mol. The van der Waals surface area contributed by atoms with Crippen molar-refractivity contribution in [3.05, 3.63) is 65.3 Å². The van der Waals surface area contributed by atoms with Crippen molar-refractivity contribution < 1.29 is 22.3 Å². The van der Waals surface area contributed by atoms with Crippen LogP contribution in [-0.4, -0.2) is 77.4 Å². The molecule has 1 atom stereocenters. The van der Waals surface area contributed by atoms with Crippen molar-refractivity contribution in [3.8, 4) is 11.4 Å². The Kier molecular flexibility index (Phi) is 8.13. The van der Waals surface area contributed by atoms with Crippen LogP contribution in [0.2, 0.25) is 5.02 Å². The average Bonchev–Trinajstić information content (AvgIpc) is 3.30. The zero-order valence-electron chi connectivity index (χ0n) is 22.0. The van der Waals surface area contributed by atoms with E-state index in [2.05, 4.69) is 20.3 Å². The molecule has 4 aromatic rings. The SMILES string of the molecule is COCC(=O)CN1CCC[C@H](Nc2nc(-c3cn(S(=O)(=O)c4ccc(C)cc4)c4ncc(Cl)cc34)ncc2F)C1. The Labute approximate surface area is 236 Å². The van der Waals surface area contributed by atoms with Crippen molar-refractivity contribution in [2.75, 3.05) is 38.7 Å². The van der Waals surface area contributed by atoms with E-state index in [1.54, 1.807) is 18.2 Å². The minimum Gasteiger partial charge on any atom is -0.377 e. The fraction of sp³-hybridized carbons (Fsp3) is 0.333. The smallest absolute Gasteiger partial charge is 0.269 e. The van der Waals surface area contributed by atoms with Gasteiger partial charge in [-0.3, -0.25) is 9.69 Å². The minimum absolute atomic E-state index is 0.0163. The summed E-state index contributed by atoms with van der Waals surface area (Å²) in [7, 11) is -2.54. The van der Waals surface area contributed by atoms with Gasteiger partial charge in [-0.25, -0.2) is 31.7 Å². The van der Waals surface area contributed by atoms with E-state index in [1.807, 2.05) is 11.8 Å². The molecule has 5 rings (SSSR count). The number of likely N-dealkylation sites (tertiary alicyclic amines) is 1. The van der Waals surface area contributed by atoms with Gasteiger partial charge in [0.2, 0.25) is 0 Å². The lowest BCUT2D eigenvalue weighted by Crippen LogP contribution is -2.45. The number of hydrogen-bond donors (Lipinski definition) is 1. The van der Waals surface area contributed by atoms with Crippen molar-refractivity contribution >= 4 is 44.3 Å². The van der Waals surface area contributed by atoms with E-state index in [4.69, 9.17) is 16.3 Å². The highest BCUT2D eigenvalue weighted by Gasteiger charge is 2.26. The Bertz CT molecular complexity index is 1660. The molecule has 3 aromatic heterocycles. The lowest BCUT2D eigenvalue weighted by Gasteiger charge is -2.32. The van der Waals surface area contributed by atoms with E-state index in [-0.39, 0.29) is 47.2 Å². The van der Waals surface area contributed by atoms with Crippen LogP contribution in [0.4, 0.5) is 10.2 Å². The molecule has 1 aromatic carbocycles. The Morgan fingerprint density at radius 3 is 2.75 bits per heavy atom. The zero-order chi connectivity index (χ0) is 28.4. The molecule has 0 bridgehead atoms. The first-order chi connectivity index (χ1) is 19.2. The molecule has 13 heteroatoms. The van der Waals surface area contributed by atoms with Crippen LogP contribution in [0.15, 0.2) is 53.8 Å². The maximum atomic E-state index is 14.9. The highest BCUT2D eigenvalue weighted by atomic mass is 35.5. The Balaban J connectivity index is 1.49. The van der Waals surface area contributed by atoms with E-state index in [1.165, 1.54) is 31.6 Å². The molecule has 0 radical (unpaired) electrons. The third kappa shape index (κ3) is 5.85. The maximum Gasteiger partial charge on any atom is 0.269 e. The number of benzene rings is 1. The number of carbonyl (C=O) groups is 1. The van der Waals surface area contributed by atoms with Gasteiger partial charge in [0.05, 0.1) is 22.7 Å². The number of piperidine rings is 1. The third-order valence-electron chi connectivity index (χ3n) is 6.69. The van der Waals surface area contributed by atoms with Gasteiger partial charge < -0.3 is 10.1 Å². The fourth-order valence-corrected chi connectivity index (χ4v) is 6.29. The van der Waals surface area contributed by atoms with Gasteiger partial charge in [-0.1, -0.05) is 29.3 Å². The molecule has 4 heterocycles. The monoisotopic (exact) mass is 586 g/mol. The van der Waals surface area contributed by atoms with Crippen molar-refractivity contribution in [3.63, 3.8) is 0 Å². The Morgan fingerprint density at radius 2 is 2.00 bits per heavy atom. The summed E-state index contributed by atoms with van der Waals surface area (Å²) < 4.78 is 48.0. The molecule has 0 aliphatic carbocycles. The number of hydrogen-bond acceptors (Lipinski definition) is 9. The van der Waals surface area contributed by atoms with E-state index in [0.29, 0.717) is 22.5 Å². The van der Waals surface area contributed by atoms with Gasteiger partial charge in [0.25, 0.3) is 10.0 Å². The molecule has 0 unspecified atom stereocenters. The van der Waals surface area contributed by atoms with Gasteiger partial charge in [0, 0.05) is 43.0 Å². The molecule has 0 amide bonds. The summed E-state index contributed by atoms with van der Waals surface area (Å²) in [6, 6.07) is 7.91. The molecule has 1 saturated heterocycles. The molecule has 0 spiro atoms. The van der Waals surface area contributed by atoms with Gasteiger partial charge in [0.15, 0.2) is 28.9 Å². The second-order valence-corrected chi connectivity index (χ2v) is 12.0. The second-order valence-electron chi connectivity index (χ2n) is 9.76. The van der Waals surface area contributed by atoms with E-state index in [9.17, 15) is 17.6 Å². The second kappa shape index (κ2) is 11.6. The minimum atomic E-state index is -4.02. The number of fused-ring (bicyclic) bond motifs is 1. The number of ketones is 1. The molecule has 40 heavy (non-hydrogen) atoms. The molecule has 10 nitrogen and oxygen atoms in total. The van der Waals surface area contributed by atoms with Gasteiger partial charge >= 0.3 is 0 Å². The number of anilines is 1. The molecule has 0 saturated carbocycles. The van der Waals surface area contributed by atoms with Crippen molar-refractivity contribution in [2.45, 2.75) is 30.7 Å². The summed E-state index contributed by atoms with van der Waals surface area (Å²) in [6.45, 7) is 3.46. The number of rotatable bonds is 9. The first-order valence-electron chi connectivity index (χ1n) is 12.7. The van der Waals surface area contributed by atoms with Crippen molar-refractivity contribution in [2.24, 2.45) is 0 Å². The zero-order valence-corrected chi connectivity index (χ0v) is 23.5. The predicted octanol–water partition coefficient (Wildman–Crippen LogP) is 3.92. The number of ether oxygens (including phenoxy) is 1. The van der Waals surface area contributed by atoms with Crippen LogP contribution in [0.5, 0.6) is 0 Å². The van der Waals surface area contributed by atoms with Crippen LogP contribution >= 0.6 is 11.6 Å². The van der Waals surface area contributed by atoms with Crippen LogP contribution in [-0.2, 0) is 19.6 Å². The van der Waals surface area contributed by atoms with Crippen LogP contribution in [0, 0.1) is 12.7 Å². The molecule has 1 aliphatic rings. The lowest BCUT2D eigenvalue weighted by atomic mass is 10.1. The highest BCUT2D eigenvalue weighted by Crippen LogP contribution is 2.33. The normalized spacial score (nSPS) is 16.4. The summed E-state index contributed by atoms with van der Waals surface area (Å²) >= 11 is 6.22. The lowest BCUT2D eigenvalue weighted by molar-refractivity contribution is -0.124. The maximum absolute atomic E-state index is 14.9. The van der Waals surface area contributed by atoms with Crippen LogP contribution < -0.4 is 5.32 Å². The van der Waals surface area contributed by atoms with Crippen LogP contribution in [0.3, 0.4) is 0 Å². The van der Waals surface area contributed by atoms with E-state index < -0.39 is 15.8 Å². The summed E-state index contributed by atoms with van der Waals surface area (Å²) in [5.74, 6) is -0.581. The van der Waals surface area contributed by atoms with Gasteiger partial charge in [-0.15, -0.1) is 0 Å². The number of Topliss-reactive ketones (excluding diaryl/α,β-unsaturated/α-hetero) is 1. The summed E-state index contributed by atoms with van der Waals surface area (Å²) in [6.07, 6.45) is 5.37. The molecule has 1 aliphatic heterocycles. The molecule has 1 fully saturated rings. The van der Waals surface area contributed by atoms with Crippen molar-refractivity contribution in [1.29, 1.82) is 0 Å². The number of halogens is 2. The van der Waals surface area contributed by atoms with Crippen molar-refractivity contribution in [1.82, 2.24) is 23.8 Å². The Hall–Kier alpha value is -3.45. The summed E-state index contributed by atoms with van der Waals surface area (Å²) in [5, 5.41) is 3.85. The Morgan fingerprint density at radius 1 is 1.23 bits per heavy atom. The highest BCUT2D eigenvalue weighted by molar-refractivity contribution is 7.90. The standard InChI is InChI=1S/C27H28ClFN6O4S/c1-17-5-7-21(8-6-17)40(37,38)35-15-23(22-10-18(28)11-31-27(22)35)25-30-12-24(29)26(33-25)32-19-4-3-9-34(13-19)14-20(36)16-39-2/h5-8,10-12,15,19H,3-4,9,13-14,16H2,1-2H3,(H,30,32,33)/t19-/m0/s1. The molecule has 210 valence electrons. The molecular weight excluding hydrogens is 559 g/mol. The van der Waals surface area contributed by atoms with Crippen LogP contribution in [0.1, 0.15) is 18.4 Å². The largest absolute Gasteiger partial charge is 0.377 e. The van der Waals surface area contributed by atoms with Crippen LogP contribution in [0.25, 0.3) is 22.4 Å². The molecular formula is C27H28ClFN6O4S. The number of methoxy groups -OCH3 is 1. The first kappa shape index (κ1) is 28.1. The number of nitrogens with one attached hydrogen (secondary N) is 1. The number of nitrogens with zero attached hydrogens (tertiary/aromatic N) is 5. The number of pyridine rings is 1. The number of aromatic nitrogens is 4. The first-order valence-corrected chi connectivity index (χ1v) is 14.5. The number of carbonyl (C=O) groups excluding carboxylic acids is 1. The third-order valence-corrected chi connectivity index (χ3v) is 8.56. The van der Waals surface area contributed by atoms with E-state index in [0.717, 1.165) is 35.1 Å². The average molecular weight is 587 g/mol. The van der Waals surface area contributed by atoms with Gasteiger partial charge in [-0.05, 0) is 44.5 Å². The number of aryl methyl sites for hydroxylation is 1. The summed E-state index contributed by atoms with van der Waals surface area (Å²) in [4.78, 5) is 27.0.